The van der Waals surface area contributed by atoms with Gasteiger partial charge in [0, 0.05) is 48.1 Å². The van der Waals surface area contributed by atoms with Crippen LogP contribution < -0.4 is 11.1 Å². The number of nitrogens with one attached hydrogen (secondary N) is 1. The lowest BCUT2D eigenvalue weighted by Gasteiger charge is -2.11. The number of fused-ring (bicyclic) bond motifs is 2. The quantitative estimate of drug-likeness (QED) is 0.309. The molecule has 5 aromatic rings. The van der Waals surface area contributed by atoms with E-state index in [0.717, 1.165) is 38.8 Å². The van der Waals surface area contributed by atoms with Crippen molar-refractivity contribution in [2.45, 2.75) is 26.9 Å². The van der Waals surface area contributed by atoms with Gasteiger partial charge in [-0.05, 0) is 60.9 Å². The lowest BCUT2D eigenvalue weighted by Crippen LogP contribution is -2.24. The molecule has 0 aliphatic carbocycles. The zero-order valence-electron chi connectivity index (χ0n) is 19.1. The number of pyridine rings is 3. The van der Waals surface area contributed by atoms with Gasteiger partial charge in [-0.2, -0.15) is 0 Å². The number of benzene rings is 1. The molecule has 5 rings (SSSR count). The van der Waals surface area contributed by atoms with Crippen LogP contribution in [0.1, 0.15) is 32.7 Å². The number of aromatic nitrogens is 4. The summed E-state index contributed by atoms with van der Waals surface area (Å²) < 4.78 is 2.00. The first-order valence-corrected chi connectivity index (χ1v) is 11.7. The minimum absolute atomic E-state index is 0.242. The van der Waals surface area contributed by atoms with Gasteiger partial charge in [0.15, 0.2) is 0 Å². The normalized spacial score (nSPS) is 11.3. The number of nitrogens with zero attached hydrogens (tertiary/aromatic N) is 4. The van der Waals surface area contributed by atoms with Crippen LogP contribution in [0, 0.1) is 13.8 Å². The van der Waals surface area contributed by atoms with Gasteiger partial charge >= 0.3 is 0 Å². The summed E-state index contributed by atoms with van der Waals surface area (Å²) in [5.41, 5.74) is 11.7. The Hall–Kier alpha value is -3.68. The molecule has 1 aromatic carbocycles. The van der Waals surface area contributed by atoms with Gasteiger partial charge in [0.1, 0.15) is 11.0 Å². The smallest absolute Gasteiger partial charge is 0.253 e. The Morgan fingerprint density at radius 3 is 2.74 bits per heavy atom. The van der Waals surface area contributed by atoms with Gasteiger partial charge in [-0.15, -0.1) is 0 Å². The van der Waals surface area contributed by atoms with Crippen LogP contribution in [0.25, 0.3) is 21.8 Å². The van der Waals surface area contributed by atoms with Gasteiger partial charge in [0.05, 0.1) is 21.6 Å². The molecule has 9 heteroatoms. The largest absolute Gasteiger partial charge is 0.384 e. The van der Waals surface area contributed by atoms with Crippen LogP contribution >= 0.6 is 23.2 Å². The predicted octanol–water partition coefficient (Wildman–Crippen LogP) is 5.46. The average molecular weight is 505 g/mol. The lowest BCUT2D eigenvalue weighted by molar-refractivity contribution is 0.0952. The van der Waals surface area contributed by atoms with E-state index in [9.17, 15) is 4.79 Å². The highest BCUT2D eigenvalue weighted by molar-refractivity contribution is 6.35. The number of carbonyl (C=O) groups excluding carboxylic acids is 1. The van der Waals surface area contributed by atoms with Gasteiger partial charge in [-0.3, -0.25) is 9.78 Å². The van der Waals surface area contributed by atoms with Gasteiger partial charge < -0.3 is 15.6 Å². The summed E-state index contributed by atoms with van der Waals surface area (Å²) >= 11 is 12.6. The summed E-state index contributed by atoms with van der Waals surface area (Å²) in [6.07, 6.45) is 5.08. The summed E-state index contributed by atoms with van der Waals surface area (Å²) in [5, 5.41) is 5.43. The highest BCUT2D eigenvalue weighted by atomic mass is 35.5. The highest BCUT2D eigenvalue weighted by Crippen LogP contribution is 2.29. The second-order valence-corrected chi connectivity index (χ2v) is 9.25. The molecule has 0 unspecified atom stereocenters. The number of nitrogen functional groups attached to an aromatic ring is 1. The molecule has 1 amide bonds. The van der Waals surface area contributed by atoms with Crippen LogP contribution in [0.2, 0.25) is 10.2 Å². The van der Waals surface area contributed by atoms with Crippen molar-refractivity contribution in [3.8, 4) is 0 Å². The molecule has 0 radical (unpaired) electrons. The number of rotatable bonds is 5. The number of anilines is 1. The third-order valence-corrected chi connectivity index (χ3v) is 6.55. The fraction of sp³-hybridized carbons (Fsp3) is 0.154. The summed E-state index contributed by atoms with van der Waals surface area (Å²) in [7, 11) is 0. The van der Waals surface area contributed by atoms with E-state index in [1.807, 2.05) is 54.9 Å². The van der Waals surface area contributed by atoms with E-state index in [1.54, 1.807) is 18.5 Å². The predicted molar refractivity (Wildman–Crippen MR) is 140 cm³/mol. The summed E-state index contributed by atoms with van der Waals surface area (Å²) in [5.74, 6) is 0.219. The fourth-order valence-corrected chi connectivity index (χ4v) is 4.80. The SMILES string of the molecule is Cc1cc(N)nc(C)c1CNC(=O)c1cn(Cc2ccc3ncc(Cl)cc3c2)c2ccnc(Cl)c12. The zero-order chi connectivity index (χ0) is 24.7. The van der Waals surface area contributed by atoms with Gasteiger partial charge in [0.25, 0.3) is 5.91 Å². The summed E-state index contributed by atoms with van der Waals surface area (Å²) in [4.78, 5) is 26.1. The maximum atomic E-state index is 13.3. The standard InChI is InChI=1S/C26H22Cl2N6O/c1-14-7-23(29)33-15(2)19(14)11-32-26(35)20-13-34(22-5-6-30-25(28)24(20)22)12-16-3-4-21-17(8-16)9-18(27)10-31-21/h3-10,13H,11-12H2,1-2H3,(H2,29,33)(H,32,35). The van der Waals surface area contributed by atoms with E-state index in [2.05, 4.69) is 20.3 Å². The molecule has 4 heterocycles. The molecule has 3 N–H and O–H groups in total. The Morgan fingerprint density at radius 2 is 1.94 bits per heavy atom. The van der Waals surface area contributed by atoms with E-state index in [1.165, 1.54) is 0 Å². The second kappa shape index (κ2) is 9.17. The molecule has 0 bridgehead atoms. The van der Waals surface area contributed by atoms with Crippen molar-refractivity contribution in [2.24, 2.45) is 0 Å². The van der Waals surface area contributed by atoms with Crippen LogP contribution in [0.15, 0.2) is 55.0 Å². The van der Waals surface area contributed by atoms with Crippen molar-refractivity contribution in [2.75, 3.05) is 5.73 Å². The first-order chi connectivity index (χ1) is 16.8. The molecule has 0 saturated heterocycles. The molecule has 35 heavy (non-hydrogen) atoms. The summed E-state index contributed by atoms with van der Waals surface area (Å²) in [6.45, 7) is 4.69. The number of nitrogens with two attached hydrogens (primary N) is 1. The van der Waals surface area contributed by atoms with E-state index >= 15 is 0 Å². The Balaban J connectivity index is 1.48. The van der Waals surface area contributed by atoms with Crippen LogP contribution in [-0.2, 0) is 13.1 Å². The third kappa shape index (κ3) is 4.52. The van der Waals surface area contributed by atoms with E-state index in [-0.39, 0.29) is 11.1 Å². The molecule has 0 fully saturated rings. The van der Waals surface area contributed by atoms with Crippen LogP contribution in [0.4, 0.5) is 5.82 Å². The number of carbonyl (C=O) groups is 1. The maximum absolute atomic E-state index is 13.3. The molecule has 7 nitrogen and oxygen atoms in total. The Bertz CT molecular complexity index is 1590. The van der Waals surface area contributed by atoms with Crippen LogP contribution in [-0.4, -0.2) is 25.4 Å². The highest BCUT2D eigenvalue weighted by Gasteiger charge is 2.19. The number of amides is 1. The average Bonchev–Trinajstić information content (AvgIpc) is 3.17. The van der Waals surface area contributed by atoms with E-state index < -0.39 is 0 Å². The topological polar surface area (TPSA) is 98.7 Å². The third-order valence-electron chi connectivity index (χ3n) is 6.06. The molecule has 0 aliphatic rings. The monoisotopic (exact) mass is 504 g/mol. The minimum Gasteiger partial charge on any atom is -0.384 e. The molecule has 0 atom stereocenters. The van der Waals surface area contributed by atoms with Gasteiger partial charge in [0.2, 0.25) is 0 Å². The van der Waals surface area contributed by atoms with Gasteiger partial charge in [-0.25, -0.2) is 9.97 Å². The van der Waals surface area contributed by atoms with Crippen molar-refractivity contribution in [3.63, 3.8) is 0 Å². The second-order valence-electron chi connectivity index (χ2n) is 8.46. The molecule has 0 aliphatic heterocycles. The van der Waals surface area contributed by atoms with Crippen LogP contribution in [0.3, 0.4) is 0 Å². The lowest BCUT2D eigenvalue weighted by atomic mass is 10.1. The van der Waals surface area contributed by atoms with Crippen molar-refractivity contribution >= 4 is 56.7 Å². The van der Waals surface area contributed by atoms with Crippen molar-refractivity contribution in [1.29, 1.82) is 0 Å². The molecule has 0 spiro atoms. The Labute approximate surface area is 211 Å². The fourth-order valence-electron chi connectivity index (χ4n) is 4.38. The molecular formula is C26H22Cl2N6O. The van der Waals surface area contributed by atoms with Crippen molar-refractivity contribution in [3.05, 3.63) is 93.1 Å². The van der Waals surface area contributed by atoms with Crippen LogP contribution in [0.5, 0.6) is 0 Å². The molecule has 176 valence electrons. The summed E-state index contributed by atoms with van der Waals surface area (Å²) in [6, 6.07) is 11.6. The first kappa shape index (κ1) is 23.1. The number of hydrogen-bond acceptors (Lipinski definition) is 5. The van der Waals surface area contributed by atoms with Crippen molar-refractivity contribution in [1.82, 2.24) is 24.8 Å². The maximum Gasteiger partial charge on any atom is 0.253 e. The van der Waals surface area contributed by atoms with Crippen molar-refractivity contribution < 1.29 is 4.79 Å². The number of hydrogen-bond donors (Lipinski definition) is 2. The molecule has 0 saturated carbocycles. The zero-order valence-corrected chi connectivity index (χ0v) is 20.7. The minimum atomic E-state index is -0.242. The van der Waals surface area contributed by atoms with Gasteiger partial charge in [-0.1, -0.05) is 29.3 Å². The van der Waals surface area contributed by atoms with E-state index in [4.69, 9.17) is 28.9 Å². The Morgan fingerprint density at radius 1 is 1.11 bits per heavy atom. The first-order valence-electron chi connectivity index (χ1n) is 11.0. The molecular weight excluding hydrogens is 483 g/mol. The molecule has 4 aromatic heterocycles. The Kier molecular flexibility index (Phi) is 6.05. The number of halogens is 2. The number of aryl methyl sites for hydroxylation is 2. The van der Waals surface area contributed by atoms with E-state index in [0.29, 0.717) is 34.9 Å².